The third-order valence-corrected chi connectivity index (χ3v) is 4.84. The van der Waals surface area contributed by atoms with Gasteiger partial charge in [-0.15, -0.1) is 0 Å². The maximum absolute atomic E-state index is 12.4. The lowest BCUT2D eigenvalue weighted by atomic mass is 9.96. The Balaban J connectivity index is 1.87. The van der Waals surface area contributed by atoms with Gasteiger partial charge in [-0.25, -0.2) is 9.97 Å². The smallest absolute Gasteiger partial charge is 0.222 e. The quantitative estimate of drug-likeness (QED) is 0.889. The van der Waals surface area contributed by atoms with Crippen molar-refractivity contribution in [2.24, 2.45) is 5.92 Å². The largest absolute Gasteiger partial charge is 0.382 e. The minimum Gasteiger partial charge on any atom is -0.382 e. The van der Waals surface area contributed by atoms with E-state index in [9.17, 15) is 4.79 Å². The van der Waals surface area contributed by atoms with Crippen LogP contribution in [0.1, 0.15) is 44.9 Å². The summed E-state index contributed by atoms with van der Waals surface area (Å²) in [5, 5.41) is 0. The van der Waals surface area contributed by atoms with E-state index in [4.69, 9.17) is 5.73 Å². The summed E-state index contributed by atoms with van der Waals surface area (Å²) in [7, 11) is 0. The SMILES string of the molecule is CC(C)CC(=O)N1CCC[C@@H](c2nc(Br)c3c(N)nccn23)C1. The molecule has 0 saturated carbocycles. The van der Waals surface area contributed by atoms with E-state index in [1.165, 1.54) is 0 Å². The minimum atomic E-state index is 0.223. The van der Waals surface area contributed by atoms with Crippen LogP contribution in [0.15, 0.2) is 17.0 Å². The first-order valence-electron chi connectivity index (χ1n) is 8.03. The minimum absolute atomic E-state index is 0.223. The van der Waals surface area contributed by atoms with Crippen molar-refractivity contribution < 1.29 is 4.79 Å². The van der Waals surface area contributed by atoms with Gasteiger partial charge in [0.1, 0.15) is 15.9 Å². The Morgan fingerprint density at radius 2 is 2.30 bits per heavy atom. The molecule has 1 aliphatic heterocycles. The number of halogens is 1. The summed E-state index contributed by atoms with van der Waals surface area (Å²) in [6.45, 7) is 5.72. The van der Waals surface area contributed by atoms with Crippen LogP contribution < -0.4 is 5.73 Å². The molecule has 1 atom stereocenters. The highest BCUT2D eigenvalue weighted by atomic mass is 79.9. The molecule has 0 spiro atoms. The number of likely N-dealkylation sites (tertiary alicyclic amines) is 1. The lowest BCUT2D eigenvalue weighted by Gasteiger charge is -2.32. The van der Waals surface area contributed by atoms with Crippen molar-refractivity contribution >= 4 is 33.2 Å². The van der Waals surface area contributed by atoms with Gasteiger partial charge in [-0.05, 0) is 34.7 Å². The van der Waals surface area contributed by atoms with Crippen molar-refractivity contribution in [3.8, 4) is 0 Å². The molecule has 0 aromatic carbocycles. The van der Waals surface area contributed by atoms with E-state index in [0.29, 0.717) is 22.8 Å². The van der Waals surface area contributed by atoms with E-state index >= 15 is 0 Å². The van der Waals surface area contributed by atoms with Crippen molar-refractivity contribution in [1.29, 1.82) is 0 Å². The van der Waals surface area contributed by atoms with E-state index in [1.807, 2.05) is 15.5 Å². The number of piperidine rings is 1. The number of amides is 1. The Morgan fingerprint density at radius 3 is 3.04 bits per heavy atom. The van der Waals surface area contributed by atoms with Crippen LogP contribution in [-0.4, -0.2) is 38.3 Å². The summed E-state index contributed by atoms with van der Waals surface area (Å²) >= 11 is 3.48. The van der Waals surface area contributed by atoms with E-state index < -0.39 is 0 Å². The fourth-order valence-electron chi connectivity index (χ4n) is 3.22. The van der Waals surface area contributed by atoms with E-state index in [2.05, 4.69) is 39.7 Å². The molecule has 2 aromatic rings. The zero-order valence-corrected chi connectivity index (χ0v) is 15.1. The van der Waals surface area contributed by atoms with Crippen LogP contribution in [0, 0.1) is 5.92 Å². The van der Waals surface area contributed by atoms with Gasteiger partial charge < -0.3 is 10.6 Å². The highest BCUT2D eigenvalue weighted by Gasteiger charge is 2.28. The number of nitrogen functional groups attached to an aromatic ring is 1. The summed E-state index contributed by atoms with van der Waals surface area (Å²) in [5.41, 5.74) is 6.76. The fourth-order valence-corrected chi connectivity index (χ4v) is 3.80. The lowest BCUT2D eigenvalue weighted by molar-refractivity contribution is -0.133. The van der Waals surface area contributed by atoms with Gasteiger partial charge in [0.25, 0.3) is 0 Å². The summed E-state index contributed by atoms with van der Waals surface area (Å²) in [5.74, 6) is 2.26. The average Bonchev–Trinajstić information content (AvgIpc) is 2.85. The van der Waals surface area contributed by atoms with E-state index in [-0.39, 0.29) is 11.8 Å². The van der Waals surface area contributed by atoms with Gasteiger partial charge >= 0.3 is 0 Å². The molecule has 1 saturated heterocycles. The molecule has 2 aromatic heterocycles. The van der Waals surface area contributed by atoms with Crippen LogP contribution in [0.3, 0.4) is 0 Å². The van der Waals surface area contributed by atoms with Gasteiger partial charge in [-0.3, -0.25) is 9.20 Å². The van der Waals surface area contributed by atoms with Crippen molar-refractivity contribution in [2.75, 3.05) is 18.8 Å². The maximum atomic E-state index is 12.4. The Hall–Kier alpha value is -1.63. The van der Waals surface area contributed by atoms with Gasteiger partial charge in [0.15, 0.2) is 5.82 Å². The van der Waals surface area contributed by atoms with Crippen LogP contribution in [-0.2, 0) is 4.79 Å². The first-order valence-corrected chi connectivity index (χ1v) is 8.82. The average molecular weight is 380 g/mol. The molecule has 3 heterocycles. The fraction of sp³-hybridized carbons (Fsp3) is 0.562. The van der Waals surface area contributed by atoms with Crippen LogP contribution in [0.4, 0.5) is 5.82 Å². The maximum Gasteiger partial charge on any atom is 0.222 e. The second-order valence-corrected chi connectivity index (χ2v) is 7.32. The molecular weight excluding hydrogens is 358 g/mol. The van der Waals surface area contributed by atoms with Crippen molar-refractivity contribution in [3.05, 3.63) is 22.8 Å². The molecule has 0 unspecified atom stereocenters. The predicted molar refractivity (Wildman–Crippen MR) is 93.1 cm³/mol. The van der Waals surface area contributed by atoms with E-state index in [0.717, 1.165) is 37.3 Å². The summed E-state index contributed by atoms with van der Waals surface area (Å²) in [6.07, 6.45) is 6.20. The standard InChI is InChI=1S/C16H22BrN5O/c1-10(2)8-12(23)21-6-3-4-11(9-21)16-20-14(17)13-15(18)19-5-7-22(13)16/h5,7,10-11H,3-4,6,8-9H2,1-2H3,(H2,18,19)/t11-/m1/s1. The number of fused-ring (bicyclic) bond motifs is 1. The Kier molecular flexibility index (Phi) is 4.57. The molecule has 0 aliphatic carbocycles. The molecule has 0 bridgehead atoms. The van der Waals surface area contributed by atoms with Gasteiger partial charge in [0, 0.05) is 37.8 Å². The van der Waals surface area contributed by atoms with Gasteiger partial charge in [0.2, 0.25) is 5.91 Å². The molecule has 2 N–H and O–H groups in total. The summed E-state index contributed by atoms with van der Waals surface area (Å²) < 4.78 is 2.71. The molecule has 1 fully saturated rings. The number of anilines is 1. The molecule has 23 heavy (non-hydrogen) atoms. The van der Waals surface area contributed by atoms with Crippen LogP contribution in [0.5, 0.6) is 0 Å². The number of aromatic nitrogens is 3. The molecule has 124 valence electrons. The monoisotopic (exact) mass is 379 g/mol. The van der Waals surface area contributed by atoms with Crippen LogP contribution in [0.2, 0.25) is 0 Å². The topological polar surface area (TPSA) is 76.5 Å². The Labute approximate surface area is 144 Å². The number of nitrogens with zero attached hydrogens (tertiary/aromatic N) is 4. The third kappa shape index (κ3) is 3.20. The normalized spacial score (nSPS) is 18.8. The molecule has 1 amide bonds. The second kappa shape index (κ2) is 6.47. The molecule has 0 radical (unpaired) electrons. The van der Waals surface area contributed by atoms with Crippen LogP contribution in [0.25, 0.3) is 5.52 Å². The second-order valence-electron chi connectivity index (χ2n) is 6.57. The molecule has 1 aliphatic rings. The summed E-state index contributed by atoms with van der Waals surface area (Å²) in [4.78, 5) is 23.1. The van der Waals surface area contributed by atoms with Crippen molar-refractivity contribution in [2.45, 2.75) is 39.0 Å². The highest BCUT2D eigenvalue weighted by Crippen LogP contribution is 2.31. The number of hydrogen-bond donors (Lipinski definition) is 1. The summed E-state index contributed by atoms with van der Waals surface area (Å²) in [6, 6.07) is 0. The number of carbonyl (C=O) groups is 1. The zero-order valence-electron chi connectivity index (χ0n) is 13.5. The number of imidazole rings is 1. The lowest BCUT2D eigenvalue weighted by Crippen LogP contribution is -2.40. The van der Waals surface area contributed by atoms with Crippen molar-refractivity contribution in [3.63, 3.8) is 0 Å². The first kappa shape index (κ1) is 16.2. The Morgan fingerprint density at radius 1 is 1.52 bits per heavy atom. The van der Waals surface area contributed by atoms with Gasteiger partial charge in [-0.2, -0.15) is 0 Å². The zero-order chi connectivity index (χ0) is 16.6. The van der Waals surface area contributed by atoms with E-state index in [1.54, 1.807) is 6.20 Å². The number of carbonyl (C=O) groups excluding carboxylic acids is 1. The highest BCUT2D eigenvalue weighted by molar-refractivity contribution is 9.10. The first-order chi connectivity index (χ1) is 11.0. The van der Waals surface area contributed by atoms with Gasteiger partial charge in [0.05, 0.1) is 0 Å². The number of nitrogens with two attached hydrogens (primary N) is 1. The van der Waals surface area contributed by atoms with Crippen molar-refractivity contribution in [1.82, 2.24) is 19.3 Å². The Bertz CT molecular complexity index is 727. The molecular formula is C16H22BrN5O. The van der Waals surface area contributed by atoms with Crippen LogP contribution >= 0.6 is 15.9 Å². The van der Waals surface area contributed by atoms with Gasteiger partial charge in [-0.1, -0.05) is 13.8 Å². The third-order valence-electron chi connectivity index (χ3n) is 4.29. The predicted octanol–water partition coefficient (Wildman–Crippen LogP) is 2.83. The molecule has 6 nitrogen and oxygen atoms in total. The number of rotatable bonds is 3. The molecule has 7 heteroatoms. The number of hydrogen-bond acceptors (Lipinski definition) is 4. The molecule has 3 rings (SSSR count).